The Morgan fingerprint density at radius 2 is 2.00 bits per heavy atom. The van der Waals surface area contributed by atoms with Crippen molar-refractivity contribution in [2.75, 3.05) is 5.73 Å². The first-order valence-corrected chi connectivity index (χ1v) is 9.98. The summed E-state index contributed by atoms with van der Waals surface area (Å²) >= 11 is 6.57. The van der Waals surface area contributed by atoms with E-state index in [4.69, 9.17) is 17.3 Å². The largest absolute Gasteiger partial charge is 0.417 e. The molecule has 3 N–H and O–H groups in total. The standard InChI is InChI=1S/C19H15ClF3N5O2S/c1-9(27-17(30)13-3-2-4-16(24)28-13)18-26-8-15(31-18)14(29)6-10-5-11(19(21,22)23)12(20)7-25-10/h2-5,7-9H,6H2,1H3,(H2,24,28)(H,27,30)/t9-/m1/s1. The number of hydrogen-bond donors (Lipinski definition) is 2. The number of Topliss-reactive ketones (excluding diaryl/α,β-unsaturated/α-hetero) is 1. The fourth-order valence-electron chi connectivity index (χ4n) is 2.57. The minimum Gasteiger partial charge on any atom is -0.384 e. The number of alkyl halides is 3. The lowest BCUT2D eigenvalue weighted by Gasteiger charge is -2.11. The minimum absolute atomic E-state index is 0.0641. The lowest BCUT2D eigenvalue weighted by Crippen LogP contribution is -2.27. The van der Waals surface area contributed by atoms with Crippen molar-refractivity contribution in [2.45, 2.75) is 25.6 Å². The quantitative estimate of drug-likeness (QED) is 0.526. The van der Waals surface area contributed by atoms with Crippen LogP contribution in [0, 0.1) is 0 Å². The molecule has 3 aromatic heterocycles. The Hall–Kier alpha value is -3.05. The fourth-order valence-corrected chi connectivity index (χ4v) is 3.64. The highest BCUT2D eigenvalue weighted by Gasteiger charge is 2.34. The number of nitrogens with zero attached hydrogens (tertiary/aromatic N) is 3. The van der Waals surface area contributed by atoms with Crippen LogP contribution in [0.3, 0.4) is 0 Å². The van der Waals surface area contributed by atoms with Crippen molar-refractivity contribution in [1.29, 1.82) is 0 Å². The van der Waals surface area contributed by atoms with Gasteiger partial charge in [-0.1, -0.05) is 17.7 Å². The highest BCUT2D eigenvalue weighted by Crippen LogP contribution is 2.34. The number of thiazole rings is 1. The van der Waals surface area contributed by atoms with Gasteiger partial charge in [0.15, 0.2) is 5.78 Å². The molecular weight excluding hydrogens is 455 g/mol. The van der Waals surface area contributed by atoms with Gasteiger partial charge in [-0.05, 0) is 25.1 Å². The summed E-state index contributed by atoms with van der Waals surface area (Å²) in [5.41, 5.74) is 4.58. The average Bonchev–Trinajstić information content (AvgIpc) is 3.19. The number of ketones is 1. The topological polar surface area (TPSA) is 111 Å². The van der Waals surface area contributed by atoms with Gasteiger partial charge in [-0.15, -0.1) is 11.3 Å². The number of hydrogen-bond acceptors (Lipinski definition) is 7. The van der Waals surface area contributed by atoms with Gasteiger partial charge in [-0.2, -0.15) is 13.2 Å². The first-order chi connectivity index (χ1) is 14.5. The van der Waals surface area contributed by atoms with E-state index in [1.165, 1.54) is 12.3 Å². The molecule has 0 saturated carbocycles. The number of nitrogen functional groups attached to an aromatic ring is 1. The Morgan fingerprint density at radius 1 is 1.26 bits per heavy atom. The molecule has 7 nitrogen and oxygen atoms in total. The van der Waals surface area contributed by atoms with Gasteiger partial charge in [0.2, 0.25) is 0 Å². The summed E-state index contributed by atoms with van der Waals surface area (Å²) in [6.07, 6.45) is -2.82. The normalized spacial score (nSPS) is 12.4. The number of nitrogens with two attached hydrogens (primary N) is 1. The number of aromatic nitrogens is 3. The second-order valence-corrected chi connectivity index (χ2v) is 7.93. The third kappa shape index (κ3) is 5.56. The number of carbonyl (C=O) groups excluding carboxylic acids is 2. The molecule has 3 aromatic rings. The summed E-state index contributed by atoms with van der Waals surface area (Å²) < 4.78 is 38.9. The maximum atomic E-state index is 13.0. The molecule has 0 bridgehead atoms. The van der Waals surface area contributed by atoms with E-state index >= 15 is 0 Å². The Bertz CT molecular complexity index is 1140. The van der Waals surface area contributed by atoms with E-state index in [2.05, 4.69) is 20.3 Å². The fraction of sp³-hybridized carbons (Fsp3) is 0.211. The van der Waals surface area contributed by atoms with Crippen molar-refractivity contribution in [1.82, 2.24) is 20.3 Å². The van der Waals surface area contributed by atoms with Crippen LogP contribution in [0.5, 0.6) is 0 Å². The van der Waals surface area contributed by atoms with Crippen LogP contribution in [0.4, 0.5) is 19.0 Å². The van der Waals surface area contributed by atoms with E-state index in [9.17, 15) is 22.8 Å². The number of amides is 1. The summed E-state index contributed by atoms with van der Waals surface area (Å²) in [4.78, 5) is 36.8. The molecule has 162 valence electrons. The maximum absolute atomic E-state index is 13.0. The highest BCUT2D eigenvalue weighted by molar-refractivity contribution is 7.13. The summed E-state index contributed by atoms with van der Waals surface area (Å²) in [7, 11) is 0. The number of rotatable bonds is 6. The van der Waals surface area contributed by atoms with E-state index in [-0.39, 0.29) is 28.5 Å². The van der Waals surface area contributed by atoms with Crippen LogP contribution >= 0.6 is 22.9 Å². The lowest BCUT2D eigenvalue weighted by molar-refractivity contribution is -0.137. The average molecular weight is 470 g/mol. The molecule has 12 heteroatoms. The van der Waals surface area contributed by atoms with Crippen molar-refractivity contribution in [3.63, 3.8) is 0 Å². The van der Waals surface area contributed by atoms with Crippen LogP contribution in [-0.4, -0.2) is 26.6 Å². The molecule has 1 amide bonds. The lowest BCUT2D eigenvalue weighted by atomic mass is 10.1. The molecule has 31 heavy (non-hydrogen) atoms. The van der Waals surface area contributed by atoms with Crippen molar-refractivity contribution in [3.05, 3.63) is 68.5 Å². The van der Waals surface area contributed by atoms with Gasteiger partial charge in [0.05, 0.1) is 27.9 Å². The Kier molecular flexibility index (Phi) is 6.56. The molecule has 0 aliphatic carbocycles. The minimum atomic E-state index is -4.65. The van der Waals surface area contributed by atoms with E-state index in [1.807, 2.05) is 0 Å². The first kappa shape index (κ1) is 22.6. The third-order valence-corrected chi connectivity index (χ3v) is 5.60. The van der Waals surface area contributed by atoms with Crippen LogP contribution in [0.25, 0.3) is 0 Å². The zero-order valence-corrected chi connectivity index (χ0v) is 17.5. The maximum Gasteiger partial charge on any atom is 0.417 e. The van der Waals surface area contributed by atoms with Crippen molar-refractivity contribution in [2.24, 2.45) is 0 Å². The van der Waals surface area contributed by atoms with Crippen LogP contribution in [-0.2, 0) is 12.6 Å². The summed E-state index contributed by atoms with van der Waals surface area (Å²) in [5.74, 6) is -0.720. The molecule has 3 rings (SSSR count). The van der Waals surface area contributed by atoms with Gasteiger partial charge in [-0.3, -0.25) is 14.6 Å². The van der Waals surface area contributed by atoms with Gasteiger partial charge >= 0.3 is 6.18 Å². The number of nitrogens with one attached hydrogen (secondary N) is 1. The Morgan fingerprint density at radius 3 is 2.68 bits per heavy atom. The van der Waals surface area contributed by atoms with Crippen LogP contribution < -0.4 is 11.1 Å². The molecular formula is C19H15ClF3N5O2S. The third-order valence-electron chi connectivity index (χ3n) is 4.08. The summed E-state index contributed by atoms with van der Waals surface area (Å²) in [5, 5.41) is 2.61. The molecule has 3 heterocycles. The van der Waals surface area contributed by atoms with E-state index in [0.29, 0.717) is 5.01 Å². The first-order valence-electron chi connectivity index (χ1n) is 8.78. The van der Waals surface area contributed by atoms with Crippen molar-refractivity contribution < 1.29 is 22.8 Å². The predicted octanol–water partition coefficient (Wildman–Crippen LogP) is 4.10. The second kappa shape index (κ2) is 8.98. The zero-order valence-electron chi connectivity index (χ0n) is 15.9. The SMILES string of the molecule is C[C@@H](NC(=O)c1cccc(N)n1)c1ncc(C(=O)Cc2cc(C(F)(F)F)c(Cl)cn2)s1. The Labute approximate surface area is 183 Å². The summed E-state index contributed by atoms with van der Waals surface area (Å²) in [6, 6.07) is 4.86. The smallest absolute Gasteiger partial charge is 0.384 e. The zero-order chi connectivity index (χ0) is 22.8. The number of halogens is 4. The number of pyridine rings is 2. The molecule has 0 spiro atoms. The number of carbonyl (C=O) groups is 2. The van der Waals surface area contributed by atoms with Gasteiger partial charge < -0.3 is 11.1 Å². The second-order valence-electron chi connectivity index (χ2n) is 6.46. The molecule has 0 aliphatic rings. The molecule has 0 saturated heterocycles. The molecule has 0 radical (unpaired) electrons. The summed E-state index contributed by atoms with van der Waals surface area (Å²) in [6.45, 7) is 1.67. The van der Waals surface area contributed by atoms with Crippen molar-refractivity contribution >= 4 is 40.4 Å². The number of anilines is 1. The molecule has 1 atom stereocenters. The molecule has 0 aromatic carbocycles. The van der Waals surface area contributed by atoms with Crippen LogP contribution in [0.2, 0.25) is 5.02 Å². The Balaban J connectivity index is 1.69. The van der Waals surface area contributed by atoms with E-state index in [0.717, 1.165) is 23.6 Å². The van der Waals surface area contributed by atoms with Gasteiger partial charge in [0, 0.05) is 18.1 Å². The molecule has 0 fully saturated rings. The van der Waals surface area contributed by atoms with E-state index in [1.54, 1.807) is 19.1 Å². The molecule has 0 aliphatic heterocycles. The predicted molar refractivity (Wildman–Crippen MR) is 109 cm³/mol. The molecule has 0 unspecified atom stereocenters. The van der Waals surface area contributed by atoms with Crippen LogP contribution in [0.1, 0.15) is 49.4 Å². The van der Waals surface area contributed by atoms with E-state index < -0.39 is 34.5 Å². The highest BCUT2D eigenvalue weighted by atomic mass is 35.5. The van der Waals surface area contributed by atoms with Gasteiger partial charge in [0.1, 0.15) is 16.5 Å². The van der Waals surface area contributed by atoms with Crippen LogP contribution in [0.15, 0.2) is 36.7 Å². The van der Waals surface area contributed by atoms with Crippen molar-refractivity contribution in [3.8, 4) is 0 Å². The van der Waals surface area contributed by atoms with Gasteiger partial charge in [0.25, 0.3) is 5.91 Å². The monoisotopic (exact) mass is 469 g/mol. The van der Waals surface area contributed by atoms with Gasteiger partial charge in [-0.25, -0.2) is 9.97 Å².